The Hall–Kier alpha value is -1.35. The van der Waals surface area contributed by atoms with Crippen molar-refractivity contribution in [3.63, 3.8) is 0 Å². The average molecular weight is 274 g/mol. The molecule has 1 N–H and O–H groups in total. The molecule has 0 aliphatic carbocycles. The Morgan fingerprint density at radius 1 is 1.35 bits per heavy atom. The van der Waals surface area contributed by atoms with E-state index in [2.05, 4.69) is 23.2 Å². The zero-order valence-corrected chi connectivity index (χ0v) is 12.7. The molecule has 0 bridgehead atoms. The van der Waals surface area contributed by atoms with Gasteiger partial charge in [-0.2, -0.15) is 0 Å². The monoisotopic (exact) mass is 274 g/mol. The Balaban J connectivity index is 2.19. The van der Waals surface area contributed by atoms with Crippen LogP contribution in [0.5, 0.6) is 0 Å². The van der Waals surface area contributed by atoms with Crippen LogP contribution in [-0.4, -0.2) is 37.0 Å². The third kappa shape index (κ3) is 3.40. The van der Waals surface area contributed by atoms with E-state index in [9.17, 15) is 4.79 Å². The van der Waals surface area contributed by atoms with E-state index in [1.165, 1.54) is 6.42 Å². The van der Waals surface area contributed by atoms with Crippen LogP contribution in [0.3, 0.4) is 0 Å². The SMILES string of the molecule is CCC1CCCCN1C(=O)c1ccccc1CCNC. The van der Waals surface area contributed by atoms with Gasteiger partial charge in [-0.3, -0.25) is 4.79 Å². The Morgan fingerprint density at radius 2 is 2.15 bits per heavy atom. The van der Waals surface area contributed by atoms with Crippen molar-refractivity contribution < 1.29 is 4.79 Å². The van der Waals surface area contributed by atoms with E-state index >= 15 is 0 Å². The first-order chi connectivity index (χ1) is 9.77. The predicted molar refractivity (Wildman–Crippen MR) is 83.0 cm³/mol. The van der Waals surface area contributed by atoms with Crippen LogP contribution in [-0.2, 0) is 6.42 Å². The van der Waals surface area contributed by atoms with Gasteiger partial charge in [0.1, 0.15) is 0 Å². The van der Waals surface area contributed by atoms with Gasteiger partial charge in [-0.05, 0) is 57.3 Å². The lowest BCUT2D eigenvalue weighted by molar-refractivity contribution is 0.0607. The van der Waals surface area contributed by atoms with Gasteiger partial charge in [-0.25, -0.2) is 0 Å². The van der Waals surface area contributed by atoms with Crippen molar-refractivity contribution >= 4 is 5.91 Å². The number of carbonyl (C=O) groups excluding carboxylic acids is 1. The molecule has 1 aromatic carbocycles. The van der Waals surface area contributed by atoms with Crippen LogP contribution in [0.4, 0.5) is 0 Å². The standard InChI is InChI=1S/C17H26N2O/c1-3-15-9-6-7-13-19(15)17(20)16-10-5-4-8-14(16)11-12-18-2/h4-5,8,10,15,18H,3,6-7,9,11-13H2,1-2H3. The summed E-state index contributed by atoms with van der Waals surface area (Å²) in [7, 11) is 1.95. The van der Waals surface area contributed by atoms with Crippen LogP contribution < -0.4 is 5.32 Å². The van der Waals surface area contributed by atoms with Gasteiger partial charge < -0.3 is 10.2 Å². The van der Waals surface area contributed by atoms with E-state index in [0.717, 1.165) is 49.9 Å². The van der Waals surface area contributed by atoms with E-state index in [-0.39, 0.29) is 5.91 Å². The van der Waals surface area contributed by atoms with Crippen LogP contribution in [0, 0.1) is 0 Å². The highest BCUT2D eigenvalue weighted by atomic mass is 16.2. The average Bonchev–Trinajstić information content (AvgIpc) is 2.52. The molecule has 1 aliphatic rings. The smallest absolute Gasteiger partial charge is 0.254 e. The van der Waals surface area contributed by atoms with E-state index < -0.39 is 0 Å². The number of piperidine rings is 1. The minimum absolute atomic E-state index is 0.225. The maximum atomic E-state index is 12.9. The maximum Gasteiger partial charge on any atom is 0.254 e. The summed E-state index contributed by atoms with van der Waals surface area (Å²) in [4.78, 5) is 15.0. The maximum absolute atomic E-state index is 12.9. The molecule has 1 amide bonds. The van der Waals surface area contributed by atoms with Gasteiger partial charge in [-0.1, -0.05) is 25.1 Å². The Bertz CT molecular complexity index is 444. The minimum Gasteiger partial charge on any atom is -0.336 e. The van der Waals surface area contributed by atoms with Crippen LogP contribution in [0.2, 0.25) is 0 Å². The number of likely N-dealkylation sites (N-methyl/N-ethyl adjacent to an activating group) is 1. The van der Waals surface area contributed by atoms with Crippen LogP contribution in [0.1, 0.15) is 48.5 Å². The van der Waals surface area contributed by atoms with E-state index in [1.54, 1.807) is 0 Å². The molecule has 1 atom stereocenters. The molecule has 0 spiro atoms. The normalized spacial score (nSPS) is 19.1. The number of carbonyl (C=O) groups is 1. The highest BCUT2D eigenvalue weighted by Gasteiger charge is 2.27. The fourth-order valence-electron chi connectivity index (χ4n) is 3.05. The molecule has 1 saturated heterocycles. The molecule has 2 rings (SSSR count). The molecular formula is C17H26N2O. The van der Waals surface area contributed by atoms with Crippen molar-refractivity contribution in [1.29, 1.82) is 0 Å². The molecule has 0 aromatic heterocycles. The van der Waals surface area contributed by atoms with Gasteiger partial charge in [0.15, 0.2) is 0 Å². The second kappa shape index (κ2) is 7.44. The zero-order valence-electron chi connectivity index (χ0n) is 12.7. The Labute approximate surface area is 122 Å². The van der Waals surface area contributed by atoms with Gasteiger partial charge in [0.25, 0.3) is 5.91 Å². The second-order valence-corrected chi connectivity index (χ2v) is 5.57. The molecule has 110 valence electrons. The molecule has 1 heterocycles. The van der Waals surface area contributed by atoms with Crippen molar-refractivity contribution in [1.82, 2.24) is 10.2 Å². The quantitative estimate of drug-likeness (QED) is 0.895. The Morgan fingerprint density at radius 3 is 2.90 bits per heavy atom. The lowest BCUT2D eigenvalue weighted by atomic mass is 9.97. The zero-order chi connectivity index (χ0) is 14.4. The summed E-state index contributed by atoms with van der Waals surface area (Å²) < 4.78 is 0. The summed E-state index contributed by atoms with van der Waals surface area (Å²) >= 11 is 0. The van der Waals surface area contributed by atoms with Gasteiger partial charge >= 0.3 is 0 Å². The fraction of sp³-hybridized carbons (Fsp3) is 0.588. The fourth-order valence-corrected chi connectivity index (χ4v) is 3.05. The number of hydrogen-bond acceptors (Lipinski definition) is 2. The molecule has 0 saturated carbocycles. The van der Waals surface area contributed by atoms with Gasteiger partial charge in [-0.15, -0.1) is 0 Å². The summed E-state index contributed by atoms with van der Waals surface area (Å²) in [5.41, 5.74) is 2.05. The van der Waals surface area contributed by atoms with Crippen LogP contribution in [0.25, 0.3) is 0 Å². The highest BCUT2D eigenvalue weighted by Crippen LogP contribution is 2.23. The van der Waals surface area contributed by atoms with Crippen molar-refractivity contribution in [2.75, 3.05) is 20.1 Å². The molecule has 3 heteroatoms. The van der Waals surface area contributed by atoms with Crippen molar-refractivity contribution in [2.45, 2.75) is 45.1 Å². The van der Waals surface area contributed by atoms with Gasteiger partial charge in [0.05, 0.1) is 0 Å². The van der Waals surface area contributed by atoms with Gasteiger partial charge in [0.2, 0.25) is 0 Å². The summed E-state index contributed by atoms with van der Waals surface area (Å²) in [5.74, 6) is 0.225. The van der Waals surface area contributed by atoms with E-state index in [1.807, 2.05) is 25.2 Å². The van der Waals surface area contributed by atoms with Crippen molar-refractivity contribution in [3.8, 4) is 0 Å². The minimum atomic E-state index is 0.225. The number of amides is 1. The number of benzene rings is 1. The molecule has 1 unspecified atom stereocenters. The summed E-state index contributed by atoms with van der Waals surface area (Å²) in [6.07, 6.45) is 5.51. The molecule has 1 aromatic rings. The first-order valence-corrected chi connectivity index (χ1v) is 7.81. The topological polar surface area (TPSA) is 32.3 Å². The van der Waals surface area contributed by atoms with Crippen molar-refractivity contribution in [3.05, 3.63) is 35.4 Å². The largest absolute Gasteiger partial charge is 0.336 e. The number of nitrogens with zero attached hydrogens (tertiary/aromatic N) is 1. The van der Waals surface area contributed by atoms with Crippen molar-refractivity contribution in [2.24, 2.45) is 0 Å². The molecule has 0 radical (unpaired) electrons. The second-order valence-electron chi connectivity index (χ2n) is 5.57. The lowest BCUT2D eigenvalue weighted by Gasteiger charge is -2.35. The molecule has 1 fully saturated rings. The van der Waals surface area contributed by atoms with Crippen LogP contribution in [0.15, 0.2) is 24.3 Å². The highest BCUT2D eigenvalue weighted by molar-refractivity contribution is 5.96. The number of rotatable bonds is 5. The number of nitrogens with one attached hydrogen (secondary N) is 1. The third-order valence-electron chi connectivity index (χ3n) is 4.25. The number of likely N-dealkylation sites (tertiary alicyclic amines) is 1. The predicted octanol–water partition coefficient (Wildman–Crippen LogP) is 2.85. The lowest BCUT2D eigenvalue weighted by Crippen LogP contribution is -2.43. The first kappa shape index (κ1) is 15.0. The molecule has 3 nitrogen and oxygen atoms in total. The molecule has 20 heavy (non-hydrogen) atoms. The summed E-state index contributed by atoms with van der Waals surface area (Å²) in [6, 6.07) is 8.48. The Kier molecular flexibility index (Phi) is 5.60. The number of hydrogen-bond donors (Lipinski definition) is 1. The molecular weight excluding hydrogens is 248 g/mol. The van der Waals surface area contributed by atoms with E-state index in [4.69, 9.17) is 0 Å². The first-order valence-electron chi connectivity index (χ1n) is 7.81. The summed E-state index contributed by atoms with van der Waals surface area (Å²) in [6.45, 7) is 4.00. The van der Waals surface area contributed by atoms with Gasteiger partial charge in [0, 0.05) is 18.2 Å². The summed E-state index contributed by atoms with van der Waals surface area (Å²) in [5, 5.41) is 3.16. The van der Waals surface area contributed by atoms with E-state index in [0.29, 0.717) is 6.04 Å². The third-order valence-corrected chi connectivity index (χ3v) is 4.25. The molecule has 1 aliphatic heterocycles. The van der Waals surface area contributed by atoms with Crippen LogP contribution >= 0.6 is 0 Å².